The Morgan fingerprint density at radius 2 is 1.73 bits per heavy atom. The fourth-order valence-corrected chi connectivity index (χ4v) is 2.94. The van der Waals surface area contributed by atoms with E-state index in [9.17, 15) is 22.8 Å². The van der Waals surface area contributed by atoms with Crippen LogP contribution in [0.2, 0.25) is 0 Å². The smallest absolute Gasteiger partial charge is 0.325 e. The number of urea groups is 1. The lowest BCUT2D eigenvalue weighted by atomic mass is 9.91. The molecule has 1 aliphatic rings. The molecule has 1 fully saturated rings. The Morgan fingerprint density at radius 1 is 1.08 bits per heavy atom. The highest BCUT2D eigenvalue weighted by Gasteiger charge is 2.50. The van der Waals surface area contributed by atoms with Crippen molar-refractivity contribution in [2.24, 2.45) is 0 Å². The van der Waals surface area contributed by atoms with Crippen molar-refractivity contribution in [2.45, 2.75) is 19.0 Å². The second-order valence-corrected chi connectivity index (χ2v) is 6.03. The monoisotopic (exact) mass is 364 g/mol. The van der Waals surface area contributed by atoms with Gasteiger partial charge in [0.2, 0.25) is 0 Å². The van der Waals surface area contributed by atoms with E-state index in [-0.39, 0.29) is 23.4 Å². The summed E-state index contributed by atoms with van der Waals surface area (Å²) in [5.74, 6) is -2.62. The summed E-state index contributed by atoms with van der Waals surface area (Å²) in [6.07, 6.45) is 0. The van der Waals surface area contributed by atoms with Gasteiger partial charge in [-0.05, 0) is 43.3 Å². The van der Waals surface area contributed by atoms with Crippen molar-refractivity contribution in [1.82, 2.24) is 10.2 Å². The van der Waals surface area contributed by atoms with Gasteiger partial charge in [0.25, 0.3) is 5.91 Å². The van der Waals surface area contributed by atoms with Gasteiger partial charge in [-0.1, -0.05) is 0 Å². The van der Waals surface area contributed by atoms with Crippen LogP contribution in [-0.2, 0) is 16.9 Å². The van der Waals surface area contributed by atoms with E-state index < -0.39 is 34.9 Å². The van der Waals surface area contributed by atoms with Gasteiger partial charge in [0.05, 0.1) is 13.7 Å². The number of hydrogen-bond acceptors (Lipinski definition) is 3. The first kappa shape index (κ1) is 17.8. The highest BCUT2D eigenvalue weighted by atomic mass is 19.1. The number of rotatable bonds is 4. The minimum absolute atomic E-state index is 0.264. The van der Waals surface area contributed by atoms with Crippen LogP contribution in [0.4, 0.5) is 18.0 Å². The molecule has 5 nitrogen and oxygen atoms in total. The van der Waals surface area contributed by atoms with Crippen molar-refractivity contribution in [1.29, 1.82) is 0 Å². The Kier molecular flexibility index (Phi) is 4.35. The third-order valence-corrected chi connectivity index (χ3v) is 4.31. The standard InChI is InChI=1S/C18H15F3N2O3/c1-18(13-8-12(20)3-5-14(13)21)16(24)23(17(25)22-18)9-10-7-11(19)4-6-15(10)26-2/h3-8H,9H2,1-2H3,(H,22,25)/t18-/m1/s1. The van der Waals surface area contributed by atoms with Crippen molar-refractivity contribution in [3.05, 3.63) is 65.0 Å². The molecule has 0 aromatic heterocycles. The highest BCUT2D eigenvalue weighted by Crippen LogP contribution is 2.33. The normalized spacial score (nSPS) is 19.7. The molecular weight excluding hydrogens is 349 g/mol. The van der Waals surface area contributed by atoms with E-state index in [1.807, 2.05) is 0 Å². The number of amides is 3. The largest absolute Gasteiger partial charge is 0.496 e. The van der Waals surface area contributed by atoms with Crippen LogP contribution in [0.25, 0.3) is 0 Å². The van der Waals surface area contributed by atoms with Crippen LogP contribution in [0.3, 0.4) is 0 Å². The topological polar surface area (TPSA) is 58.6 Å². The van der Waals surface area contributed by atoms with Gasteiger partial charge in [-0.2, -0.15) is 0 Å². The number of halogens is 3. The third-order valence-electron chi connectivity index (χ3n) is 4.31. The van der Waals surface area contributed by atoms with Crippen molar-refractivity contribution in [2.75, 3.05) is 7.11 Å². The second-order valence-electron chi connectivity index (χ2n) is 6.03. The van der Waals surface area contributed by atoms with Crippen molar-refractivity contribution in [3.8, 4) is 5.75 Å². The molecular formula is C18H15F3N2O3. The zero-order valence-electron chi connectivity index (χ0n) is 14.0. The summed E-state index contributed by atoms with van der Waals surface area (Å²) in [5, 5.41) is 2.38. The molecule has 0 aliphatic carbocycles. The molecule has 1 N–H and O–H groups in total. The molecule has 0 bridgehead atoms. The average molecular weight is 364 g/mol. The van der Waals surface area contributed by atoms with Gasteiger partial charge in [0.1, 0.15) is 28.7 Å². The van der Waals surface area contributed by atoms with Gasteiger partial charge < -0.3 is 10.1 Å². The van der Waals surface area contributed by atoms with Crippen LogP contribution >= 0.6 is 0 Å². The lowest BCUT2D eigenvalue weighted by Gasteiger charge is -2.23. The molecule has 0 spiro atoms. The highest BCUT2D eigenvalue weighted by molar-refractivity contribution is 6.07. The second kappa shape index (κ2) is 6.36. The van der Waals surface area contributed by atoms with Crippen LogP contribution in [0.15, 0.2) is 36.4 Å². The van der Waals surface area contributed by atoms with Gasteiger partial charge in [-0.25, -0.2) is 18.0 Å². The zero-order valence-corrected chi connectivity index (χ0v) is 14.0. The Balaban J connectivity index is 1.97. The summed E-state index contributed by atoms with van der Waals surface area (Å²) in [6.45, 7) is 1.01. The molecule has 0 radical (unpaired) electrons. The zero-order chi connectivity index (χ0) is 19.1. The maximum absolute atomic E-state index is 14.1. The number of hydrogen-bond donors (Lipinski definition) is 1. The molecule has 1 saturated heterocycles. The number of carbonyl (C=O) groups is 2. The van der Waals surface area contributed by atoms with E-state index >= 15 is 0 Å². The molecule has 8 heteroatoms. The van der Waals surface area contributed by atoms with Crippen LogP contribution in [0.5, 0.6) is 5.75 Å². The van der Waals surface area contributed by atoms with Gasteiger partial charge in [0.15, 0.2) is 0 Å². The van der Waals surface area contributed by atoms with Crippen molar-refractivity contribution < 1.29 is 27.5 Å². The lowest BCUT2D eigenvalue weighted by Crippen LogP contribution is -2.41. The summed E-state index contributed by atoms with van der Waals surface area (Å²) >= 11 is 0. The molecule has 2 aromatic carbocycles. The number of ether oxygens (including phenoxy) is 1. The Morgan fingerprint density at radius 3 is 2.42 bits per heavy atom. The molecule has 3 rings (SSSR count). The minimum atomic E-state index is -1.77. The van der Waals surface area contributed by atoms with E-state index in [4.69, 9.17) is 4.74 Å². The first-order valence-electron chi connectivity index (χ1n) is 7.68. The van der Waals surface area contributed by atoms with Crippen LogP contribution in [0.1, 0.15) is 18.1 Å². The maximum Gasteiger partial charge on any atom is 0.325 e. The number of benzene rings is 2. The van der Waals surface area contributed by atoms with Crippen molar-refractivity contribution in [3.63, 3.8) is 0 Å². The van der Waals surface area contributed by atoms with Gasteiger partial charge in [-0.15, -0.1) is 0 Å². The summed E-state index contributed by atoms with van der Waals surface area (Å²) in [7, 11) is 1.37. The fraction of sp³-hybridized carbons (Fsp3) is 0.222. The molecule has 136 valence electrons. The van der Waals surface area contributed by atoms with E-state index in [1.54, 1.807) is 0 Å². The predicted octanol–water partition coefficient (Wildman–Crippen LogP) is 3.08. The van der Waals surface area contributed by atoms with E-state index in [0.717, 1.165) is 29.2 Å². The summed E-state index contributed by atoms with van der Waals surface area (Å²) in [5.41, 5.74) is -1.80. The molecule has 3 amide bonds. The van der Waals surface area contributed by atoms with E-state index in [1.165, 1.54) is 26.2 Å². The van der Waals surface area contributed by atoms with Crippen LogP contribution in [-0.4, -0.2) is 23.9 Å². The fourth-order valence-electron chi connectivity index (χ4n) is 2.94. The number of methoxy groups -OCH3 is 1. The van der Waals surface area contributed by atoms with Crippen molar-refractivity contribution >= 4 is 11.9 Å². The molecule has 26 heavy (non-hydrogen) atoms. The number of imide groups is 1. The van der Waals surface area contributed by atoms with E-state index in [0.29, 0.717) is 0 Å². The molecule has 1 aliphatic heterocycles. The summed E-state index contributed by atoms with van der Waals surface area (Å²) < 4.78 is 46.3. The Bertz CT molecular complexity index is 903. The molecule has 1 heterocycles. The summed E-state index contributed by atoms with van der Waals surface area (Å²) in [6, 6.07) is 5.55. The van der Waals surface area contributed by atoms with Crippen LogP contribution < -0.4 is 10.1 Å². The molecule has 1 atom stereocenters. The molecule has 0 saturated carbocycles. The minimum Gasteiger partial charge on any atom is -0.496 e. The molecule has 2 aromatic rings. The third kappa shape index (κ3) is 2.87. The molecule has 0 unspecified atom stereocenters. The number of carbonyl (C=O) groups excluding carboxylic acids is 2. The van der Waals surface area contributed by atoms with Gasteiger partial charge in [0, 0.05) is 11.1 Å². The van der Waals surface area contributed by atoms with E-state index in [2.05, 4.69) is 5.32 Å². The first-order valence-corrected chi connectivity index (χ1v) is 7.68. The quantitative estimate of drug-likeness (QED) is 0.849. The SMILES string of the molecule is COc1ccc(F)cc1CN1C(=O)N[C@](C)(c2cc(F)ccc2F)C1=O. The Hall–Kier alpha value is -3.03. The first-order chi connectivity index (χ1) is 12.3. The lowest BCUT2D eigenvalue weighted by molar-refractivity contribution is -0.131. The Labute approximate surface area is 147 Å². The summed E-state index contributed by atoms with van der Waals surface area (Å²) in [4.78, 5) is 25.9. The number of nitrogens with one attached hydrogen (secondary N) is 1. The van der Waals surface area contributed by atoms with Gasteiger partial charge in [-0.3, -0.25) is 9.69 Å². The average Bonchev–Trinajstić information content (AvgIpc) is 2.81. The van der Waals surface area contributed by atoms with Gasteiger partial charge >= 0.3 is 6.03 Å². The predicted molar refractivity (Wildman–Crippen MR) is 85.7 cm³/mol. The van der Waals surface area contributed by atoms with Crippen LogP contribution in [0, 0.1) is 17.5 Å². The maximum atomic E-state index is 14.1. The number of nitrogens with zero attached hydrogens (tertiary/aromatic N) is 1.